The molecule has 1 N–H and O–H groups in total. The first-order valence-electron chi connectivity index (χ1n) is 10.4. The van der Waals surface area contributed by atoms with Crippen LogP contribution in [0.25, 0.3) is 11.1 Å². The molecule has 2 aliphatic rings. The van der Waals surface area contributed by atoms with Crippen LogP contribution in [0.15, 0.2) is 54.6 Å². The Balaban J connectivity index is 1.49. The Hall–Kier alpha value is -2.99. The van der Waals surface area contributed by atoms with Gasteiger partial charge < -0.3 is 14.8 Å². The molecule has 2 aliphatic heterocycles. The third-order valence-electron chi connectivity index (χ3n) is 5.95. The minimum atomic E-state index is -0.00863. The molecule has 3 aromatic rings. The average molecular weight is 387 g/mol. The lowest BCUT2D eigenvalue weighted by Crippen LogP contribution is -2.32. The van der Waals surface area contributed by atoms with Gasteiger partial charge in [0.25, 0.3) is 5.91 Å². The number of likely N-dealkylation sites (tertiary alicyclic amines) is 1. The van der Waals surface area contributed by atoms with E-state index in [4.69, 9.17) is 0 Å². The number of fused-ring (bicyclic) bond motifs is 1. The first-order chi connectivity index (χ1) is 14.3. The number of nitrogens with zero attached hydrogens (tertiary/aromatic N) is 4. The van der Waals surface area contributed by atoms with Crippen molar-refractivity contribution in [2.45, 2.75) is 31.8 Å². The number of amides is 1. The highest BCUT2D eigenvalue weighted by Gasteiger charge is 2.35. The molecule has 0 radical (unpaired) electrons. The highest BCUT2D eigenvalue weighted by atomic mass is 16.2. The topological polar surface area (TPSA) is 63.1 Å². The van der Waals surface area contributed by atoms with E-state index in [1.807, 2.05) is 47.4 Å². The molecule has 6 nitrogen and oxygen atoms in total. The van der Waals surface area contributed by atoms with E-state index in [0.29, 0.717) is 0 Å². The zero-order valence-corrected chi connectivity index (χ0v) is 16.4. The smallest absolute Gasteiger partial charge is 0.255 e. The normalized spacial score (nSPS) is 19.0. The minimum Gasteiger partial charge on any atom is -0.328 e. The summed E-state index contributed by atoms with van der Waals surface area (Å²) in [6, 6.07) is 18.0. The number of carbonyl (C=O) groups is 1. The summed E-state index contributed by atoms with van der Waals surface area (Å²) in [5.41, 5.74) is 2.80. The zero-order valence-electron chi connectivity index (χ0n) is 16.4. The van der Waals surface area contributed by atoms with Gasteiger partial charge in [-0.05, 0) is 30.0 Å². The lowest BCUT2D eigenvalue weighted by atomic mass is 9.98. The van der Waals surface area contributed by atoms with Crippen LogP contribution in [0.1, 0.15) is 40.9 Å². The highest BCUT2D eigenvalue weighted by Crippen LogP contribution is 2.34. The Bertz CT molecular complexity index is 1010. The summed E-state index contributed by atoms with van der Waals surface area (Å²) >= 11 is 0. The van der Waals surface area contributed by atoms with E-state index in [9.17, 15) is 4.79 Å². The van der Waals surface area contributed by atoms with Crippen molar-refractivity contribution in [3.05, 3.63) is 71.8 Å². The monoisotopic (exact) mass is 387 g/mol. The summed E-state index contributed by atoms with van der Waals surface area (Å²) in [6.45, 7) is 3.45. The molecule has 1 aromatic heterocycles. The van der Waals surface area contributed by atoms with Crippen LogP contribution in [-0.4, -0.2) is 45.2 Å². The van der Waals surface area contributed by atoms with Gasteiger partial charge in [-0.2, -0.15) is 0 Å². The van der Waals surface area contributed by atoms with Crippen LogP contribution in [0.4, 0.5) is 0 Å². The number of benzene rings is 2. The van der Waals surface area contributed by atoms with E-state index >= 15 is 0 Å². The molecule has 1 atom stereocenters. The number of nitrogens with one attached hydrogen (secondary N) is 1. The molecule has 0 saturated carbocycles. The molecule has 29 heavy (non-hydrogen) atoms. The predicted octanol–water partition coefficient (Wildman–Crippen LogP) is 3.07. The highest BCUT2D eigenvalue weighted by molar-refractivity contribution is 6.01. The quantitative estimate of drug-likeness (QED) is 0.750. The molecule has 5 rings (SSSR count). The van der Waals surface area contributed by atoms with Crippen molar-refractivity contribution in [1.29, 1.82) is 0 Å². The van der Waals surface area contributed by atoms with E-state index in [1.54, 1.807) is 0 Å². The summed E-state index contributed by atoms with van der Waals surface area (Å²) < 4.78 is 2.22. The first kappa shape index (κ1) is 18.1. The lowest BCUT2D eigenvalue weighted by molar-refractivity contribution is 0.0728. The van der Waals surface area contributed by atoms with Crippen LogP contribution >= 0.6 is 0 Å². The second-order valence-electron chi connectivity index (χ2n) is 7.69. The molecule has 2 aromatic carbocycles. The fourth-order valence-corrected chi connectivity index (χ4v) is 4.51. The van der Waals surface area contributed by atoms with Gasteiger partial charge in [0.05, 0.1) is 6.04 Å². The van der Waals surface area contributed by atoms with Gasteiger partial charge in [0.2, 0.25) is 0 Å². The average Bonchev–Trinajstić information content (AvgIpc) is 3.34. The molecule has 148 valence electrons. The molecule has 1 amide bonds. The van der Waals surface area contributed by atoms with E-state index in [-0.39, 0.29) is 11.9 Å². The van der Waals surface area contributed by atoms with Gasteiger partial charge in [0.1, 0.15) is 5.82 Å². The summed E-state index contributed by atoms with van der Waals surface area (Å²) in [7, 11) is 0. The molecule has 0 bridgehead atoms. The second-order valence-corrected chi connectivity index (χ2v) is 7.69. The van der Waals surface area contributed by atoms with Crippen molar-refractivity contribution in [2.75, 3.05) is 19.6 Å². The molecule has 0 spiro atoms. The van der Waals surface area contributed by atoms with Crippen LogP contribution in [0.5, 0.6) is 0 Å². The third-order valence-corrected chi connectivity index (χ3v) is 5.95. The van der Waals surface area contributed by atoms with E-state index in [1.165, 1.54) is 0 Å². The number of hydrogen-bond acceptors (Lipinski definition) is 4. The maximum absolute atomic E-state index is 13.6. The van der Waals surface area contributed by atoms with E-state index < -0.39 is 0 Å². The van der Waals surface area contributed by atoms with Crippen molar-refractivity contribution in [2.24, 2.45) is 0 Å². The molecule has 1 saturated heterocycles. The van der Waals surface area contributed by atoms with E-state index in [2.05, 4.69) is 32.2 Å². The maximum atomic E-state index is 13.6. The van der Waals surface area contributed by atoms with Gasteiger partial charge in [0, 0.05) is 38.2 Å². The lowest BCUT2D eigenvalue weighted by Gasteiger charge is -2.25. The van der Waals surface area contributed by atoms with Crippen LogP contribution < -0.4 is 5.32 Å². The van der Waals surface area contributed by atoms with Gasteiger partial charge in [0.15, 0.2) is 5.82 Å². The van der Waals surface area contributed by atoms with Gasteiger partial charge in [-0.3, -0.25) is 4.79 Å². The molecule has 0 aliphatic carbocycles. The first-order valence-corrected chi connectivity index (χ1v) is 10.4. The Morgan fingerprint density at radius 2 is 1.79 bits per heavy atom. The van der Waals surface area contributed by atoms with Crippen LogP contribution in [0.2, 0.25) is 0 Å². The van der Waals surface area contributed by atoms with Crippen molar-refractivity contribution in [3.8, 4) is 11.1 Å². The van der Waals surface area contributed by atoms with Crippen LogP contribution in [-0.2, 0) is 13.0 Å². The Morgan fingerprint density at radius 3 is 2.69 bits per heavy atom. The van der Waals surface area contributed by atoms with Crippen LogP contribution in [0.3, 0.4) is 0 Å². The largest absolute Gasteiger partial charge is 0.328 e. The van der Waals surface area contributed by atoms with Crippen molar-refractivity contribution >= 4 is 5.91 Å². The fourth-order valence-electron chi connectivity index (χ4n) is 4.51. The molecular weight excluding hydrogens is 362 g/mol. The fraction of sp³-hybridized carbons (Fsp3) is 0.348. The molecular formula is C23H25N5O. The molecule has 3 heterocycles. The van der Waals surface area contributed by atoms with Gasteiger partial charge >= 0.3 is 0 Å². The minimum absolute atomic E-state index is 0.00863. The van der Waals surface area contributed by atoms with Crippen molar-refractivity contribution in [3.63, 3.8) is 0 Å². The second kappa shape index (κ2) is 7.79. The Kier molecular flexibility index (Phi) is 4.86. The summed E-state index contributed by atoms with van der Waals surface area (Å²) in [4.78, 5) is 15.6. The summed E-state index contributed by atoms with van der Waals surface area (Å²) in [6.07, 6.45) is 2.81. The SMILES string of the molecule is O=C(c1ccccc1-c1ccccc1)N1CCC[C@H]1c1nnc2n1CCNCC2. The van der Waals surface area contributed by atoms with Gasteiger partial charge in [-0.15, -0.1) is 10.2 Å². The number of aromatic nitrogens is 3. The number of carbonyl (C=O) groups excluding carboxylic acids is 1. The predicted molar refractivity (Wildman–Crippen MR) is 111 cm³/mol. The van der Waals surface area contributed by atoms with Crippen molar-refractivity contribution < 1.29 is 4.79 Å². The van der Waals surface area contributed by atoms with Crippen LogP contribution in [0, 0.1) is 0 Å². The zero-order chi connectivity index (χ0) is 19.6. The van der Waals surface area contributed by atoms with Gasteiger partial charge in [-0.25, -0.2) is 0 Å². The summed E-state index contributed by atoms with van der Waals surface area (Å²) in [5.74, 6) is 2.04. The standard InChI is InChI=1S/C23H25N5O/c29-23(19-10-5-4-9-18(19)17-7-2-1-3-8-17)27-15-6-11-20(27)22-26-25-21-12-13-24-14-16-28(21)22/h1-5,7-10,20,24H,6,11-16H2/t20-/m0/s1. The Morgan fingerprint density at radius 1 is 0.966 bits per heavy atom. The molecule has 0 unspecified atom stereocenters. The van der Waals surface area contributed by atoms with Crippen molar-refractivity contribution in [1.82, 2.24) is 25.0 Å². The molecule has 1 fully saturated rings. The number of rotatable bonds is 3. The molecule has 6 heteroatoms. The maximum Gasteiger partial charge on any atom is 0.255 e. The van der Waals surface area contributed by atoms with Gasteiger partial charge in [-0.1, -0.05) is 48.5 Å². The number of hydrogen-bond donors (Lipinski definition) is 1. The third kappa shape index (κ3) is 3.34. The van der Waals surface area contributed by atoms with E-state index in [0.717, 1.165) is 73.8 Å². The Labute approximate surface area is 170 Å². The summed E-state index contributed by atoms with van der Waals surface area (Å²) in [5, 5.41) is 12.4.